The van der Waals surface area contributed by atoms with Crippen LogP contribution in [-0.4, -0.2) is 19.2 Å². The molecule has 1 N–H and O–H groups in total. The Morgan fingerprint density at radius 3 is 2.80 bits per heavy atom. The first kappa shape index (κ1) is 12.8. The number of rotatable bonds is 5. The number of ether oxygens (including phenoxy) is 1. The maximum atomic E-state index is 6.00. The van der Waals surface area contributed by atoms with Crippen molar-refractivity contribution in [2.45, 2.75) is 19.9 Å². The second-order valence-corrected chi connectivity index (χ2v) is 4.85. The lowest BCUT2D eigenvalue weighted by molar-refractivity contribution is 0.309. The molecule has 84 valence electrons. The zero-order valence-corrected chi connectivity index (χ0v) is 11.2. The molecule has 0 aliphatic rings. The summed E-state index contributed by atoms with van der Waals surface area (Å²) in [6.45, 7) is 5.66. The van der Waals surface area contributed by atoms with Gasteiger partial charge in [-0.05, 0) is 18.2 Å². The molecule has 0 saturated carbocycles. The van der Waals surface area contributed by atoms with Crippen molar-refractivity contribution in [2.75, 3.05) is 13.2 Å². The normalized spacial score (nSPS) is 10.7. The molecule has 0 radical (unpaired) electrons. The number of halogens is 2. The van der Waals surface area contributed by atoms with Gasteiger partial charge in [0.25, 0.3) is 0 Å². The van der Waals surface area contributed by atoms with Crippen LogP contribution in [0.25, 0.3) is 0 Å². The van der Waals surface area contributed by atoms with Crippen molar-refractivity contribution in [2.24, 2.45) is 0 Å². The molecule has 0 fully saturated rings. The van der Waals surface area contributed by atoms with Crippen LogP contribution in [0.4, 0.5) is 0 Å². The van der Waals surface area contributed by atoms with E-state index in [1.807, 2.05) is 18.2 Å². The Balaban J connectivity index is 2.37. The van der Waals surface area contributed by atoms with Crippen LogP contribution >= 0.6 is 27.5 Å². The molecule has 0 spiro atoms. The number of hydrogen-bond acceptors (Lipinski definition) is 2. The highest BCUT2D eigenvalue weighted by Crippen LogP contribution is 2.27. The van der Waals surface area contributed by atoms with Crippen molar-refractivity contribution < 1.29 is 4.74 Å². The fraction of sp³-hybridized carbons (Fsp3) is 0.455. The molecular weight excluding hydrogens is 277 g/mol. The van der Waals surface area contributed by atoms with Crippen molar-refractivity contribution in [1.82, 2.24) is 5.32 Å². The van der Waals surface area contributed by atoms with E-state index in [1.165, 1.54) is 0 Å². The lowest BCUT2D eigenvalue weighted by Gasteiger charge is -2.10. The fourth-order valence-corrected chi connectivity index (χ4v) is 1.83. The van der Waals surface area contributed by atoms with Gasteiger partial charge in [-0.1, -0.05) is 41.4 Å². The summed E-state index contributed by atoms with van der Waals surface area (Å²) < 4.78 is 6.49. The van der Waals surface area contributed by atoms with Gasteiger partial charge in [0.1, 0.15) is 12.4 Å². The van der Waals surface area contributed by atoms with Crippen molar-refractivity contribution in [1.29, 1.82) is 0 Å². The van der Waals surface area contributed by atoms with Gasteiger partial charge < -0.3 is 10.1 Å². The highest BCUT2D eigenvalue weighted by atomic mass is 79.9. The Kier molecular flexibility index (Phi) is 5.43. The summed E-state index contributed by atoms with van der Waals surface area (Å²) in [5, 5.41) is 3.90. The third-order valence-corrected chi connectivity index (χ3v) is 2.59. The molecule has 0 atom stereocenters. The molecule has 0 aliphatic heterocycles. The number of nitrogens with one attached hydrogen (secondary N) is 1. The second kappa shape index (κ2) is 6.36. The Labute approximate surface area is 104 Å². The molecule has 4 heteroatoms. The van der Waals surface area contributed by atoms with Gasteiger partial charge in [-0.25, -0.2) is 0 Å². The van der Waals surface area contributed by atoms with Gasteiger partial charge in [-0.3, -0.25) is 0 Å². The zero-order chi connectivity index (χ0) is 11.3. The maximum absolute atomic E-state index is 6.00. The third kappa shape index (κ3) is 4.87. The van der Waals surface area contributed by atoms with Crippen LogP contribution in [0.15, 0.2) is 22.7 Å². The van der Waals surface area contributed by atoms with Crippen LogP contribution in [0.2, 0.25) is 5.02 Å². The van der Waals surface area contributed by atoms with Crippen LogP contribution < -0.4 is 10.1 Å². The van der Waals surface area contributed by atoms with E-state index < -0.39 is 0 Å². The minimum absolute atomic E-state index is 0.481. The maximum Gasteiger partial charge on any atom is 0.138 e. The predicted molar refractivity (Wildman–Crippen MR) is 67.8 cm³/mol. The number of hydrogen-bond donors (Lipinski definition) is 1. The van der Waals surface area contributed by atoms with Crippen LogP contribution in [0.1, 0.15) is 13.8 Å². The molecule has 0 aliphatic carbocycles. The van der Waals surface area contributed by atoms with Gasteiger partial charge in [-0.2, -0.15) is 0 Å². The monoisotopic (exact) mass is 291 g/mol. The minimum atomic E-state index is 0.481. The Bertz CT molecular complexity index is 317. The van der Waals surface area contributed by atoms with Gasteiger partial charge >= 0.3 is 0 Å². The van der Waals surface area contributed by atoms with Gasteiger partial charge in [-0.15, -0.1) is 0 Å². The summed E-state index contributed by atoms with van der Waals surface area (Å²) in [4.78, 5) is 0. The molecule has 0 unspecified atom stereocenters. The van der Waals surface area contributed by atoms with E-state index in [1.54, 1.807) is 0 Å². The average molecular weight is 293 g/mol. The largest absolute Gasteiger partial charge is 0.491 e. The smallest absolute Gasteiger partial charge is 0.138 e. The van der Waals surface area contributed by atoms with Crippen LogP contribution in [-0.2, 0) is 0 Å². The summed E-state index contributed by atoms with van der Waals surface area (Å²) in [6.07, 6.45) is 0. The van der Waals surface area contributed by atoms with E-state index >= 15 is 0 Å². The summed E-state index contributed by atoms with van der Waals surface area (Å²) in [6, 6.07) is 6.08. The lowest BCUT2D eigenvalue weighted by atomic mass is 10.3. The Hall–Kier alpha value is -0.250. The topological polar surface area (TPSA) is 21.3 Å². The second-order valence-electron chi connectivity index (χ2n) is 3.53. The van der Waals surface area contributed by atoms with Gasteiger partial charge in [0.05, 0.1) is 5.02 Å². The van der Waals surface area contributed by atoms with Crippen molar-refractivity contribution in [3.8, 4) is 5.75 Å². The predicted octanol–water partition coefficient (Wildman–Crippen LogP) is 3.48. The molecule has 0 amide bonds. The lowest BCUT2D eigenvalue weighted by Crippen LogP contribution is -2.27. The van der Waals surface area contributed by atoms with Gasteiger partial charge in [0.15, 0.2) is 0 Å². The zero-order valence-electron chi connectivity index (χ0n) is 8.89. The molecule has 2 nitrogen and oxygen atoms in total. The highest BCUT2D eigenvalue weighted by molar-refractivity contribution is 9.10. The molecular formula is C11H15BrClNO. The molecule has 1 rings (SSSR count). The van der Waals surface area contributed by atoms with Crippen LogP contribution in [0, 0.1) is 0 Å². The van der Waals surface area contributed by atoms with E-state index in [0.29, 0.717) is 17.7 Å². The summed E-state index contributed by atoms with van der Waals surface area (Å²) in [7, 11) is 0. The summed E-state index contributed by atoms with van der Waals surface area (Å²) in [5.41, 5.74) is 0. The average Bonchev–Trinajstić information content (AvgIpc) is 2.14. The molecule has 0 bridgehead atoms. The Morgan fingerprint density at radius 2 is 2.20 bits per heavy atom. The van der Waals surface area contributed by atoms with E-state index in [9.17, 15) is 0 Å². The Morgan fingerprint density at radius 1 is 1.47 bits per heavy atom. The van der Waals surface area contributed by atoms with E-state index in [0.717, 1.165) is 16.8 Å². The standard InChI is InChI=1S/C11H15BrClNO/c1-8(2)14-5-6-15-11-4-3-9(12)7-10(11)13/h3-4,7-8,14H,5-6H2,1-2H3. The van der Waals surface area contributed by atoms with Crippen molar-refractivity contribution in [3.05, 3.63) is 27.7 Å². The molecule has 0 aromatic heterocycles. The minimum Gasteiger partial charge on any atom is -0.491 e. The first-order chi connectivity index (χ1) is 7.09. The fourth-order valence-electron chi connectivity index (χ4n) is 1.10. The first-order valence-electron chi connectivity index (χ1n) is 4.91. The van der Waals surface area contributed by atoms with Gasteiger partial charge in [0, 0.05) is 17.1 Å². The van der Waals surface area contributed by atoms with E-state index in [-0.39, 0.29) is 0 Å². The molecule has 1 aromatic rings. The number of benzene rings is 1. The third-order valence-electron chi connectivity index (χ3n) is 1.81. The quantitative estimate of drug-likeness (QED) is 0.839. The molecule has 0 heterocycles. The molecule has 15 heavy (non-hydrogen) atoms. The van der Waals surface area contributed by atoms with Crippen LogP contribution in [0.3, 0.4) is 0 Å². The summed E-state index contributed by atoms with van der Waals surface area (Å²) >= 11 is 9.34. The van der Waals surface area contributed by atoms with E-state index in [4.69, 9.17) is 16.3 Å². The first-order valence-corrected chi connectivity index (χ1v) is 6.08. The van der Waals surface area contributed by atoms with Gasteiger partial charge in [0.2, 0.25) is 0 Å². The van der Waals surface area contributed by atoms with E-state index in [2.05, 4.69) is 35.1 Å². The molecule has 0 saturated heterocycles. The van der Waals surface area contributed by atoms with Crippen molar-refractivity contribution >= 4 is 27.5 Å². The summed E-state index contributed by atoms with van der Waals surface area (Å²) in [5.74, 6) is 0.727. The highest BCUT2D eigenvalue weighted by Gasteiger charge is 2.01. The molecule has 1 aromatic carbocycles. The van der Waals surface area contributed by atoms with Crippen LogP contribution in [0.5, 0.6) is 5.75 Å². The van der Waals surface area contributed by atoms with Crippen molar-refractivity contribution in [3.63, 3.8) is 0 Å². The SMILES string of the molecule is CC(C)NCCOc1ccc(Br)cc1Cl.